The van der Waals surface area contributed by atoms with E-state index in [1.807, 2.05) is 24.3 Å². The summed E-state index contributed by atoms with van der Waals surface area (Å²) in [6.07, 6.45) is 0. The van der Waals surface area contributed by atoms with Crippen LogP contribution in [0.15, 0.2) is 53.4 Å². The number of benzene rings is 2. The Labute approximate surface area is 121 Å². The van der Waals surface area contributed by atoms with Crippen LogP contribution in [0.1, 0.15) is 0 Å². The third-order valence-corrected chi connectivity index (χ3v) is 3.13. The van der Waals surface area contributed by atoms with Gasteiger partial charge in [0.15, 0.2) is 0 Å². The molecular formula is C13H11LiO3S. The monoisotopic (exact) mass is 254 g/mol. The van der Waals surface area contributed by atoms with Crippen LogP contribution in [0, 0.1) is 0 Å². The van der Waals surface area contributed by atoms with Gasteiger partial charge in [-0.1, -0.05) is 24.3 Å². The molecule has 1 atom stereocenters. The van der Waals surface area contributed by atoms with Gasteiger partial charge in [0.25, 0.3) is 0 Å². The van der Waals surface area contributed by atoms with Gasteiger partial charge in [0.05, 0.1) is 7.11 Å². The van der Waals surface area contributed by atoms with Crippen molar-refractivity contribution in [3.05, 3.63) is 48.5 Å². The van der Waals surface area contributed by atoms with Crippen LogP contribution in [0.5, 0.6) is 5.75 Å². The van der Waals surface area contributed by atoms with Gasteiger partial charge >= 0.3 is 18.9 Å². The second kappa shape index (κ2) is 6.77. The Morgan fingerprint density at radius 3 is 1.78 bits per heavy atom. The van der Waals surface area contributed by atoms with Gasteiger partial charge in [-0.2, -0.15) is 0 Å². The molecule has 2 aromatic carbocycles. The molecule has 0 radical (unpaired) electrons. The number of rotatable bonds is 3. The first kappa shape index (κ1) is 15.0. The standard InChI is InChI=1S/C13H12O3S.Li/c1-16-12-6-2-10(3-7-12)11-4-8-13(9-5-11)17(14)15;/h2-9H,1H3,(H,14,15);/q;+1/p-1. The summed E-state index contributed by atoms with van der Waals surface area (Å²) in [5, 5.41) is 0. The topological polar surface area (TPSA) is 49.4 Å². The average Bonchev–Trinajstić information content (AvgIpc) is 2.39. The van der Waals surface area contributed by atoms with Crippen LogP contribution >= 0.6 is 0 Å². The smallest absolute Gasteiger partial charge is 0.768 e. The fourth-order valence-electron chi connectivity index (χ4n) is 1.54. The van der Waals surface area contributed by atoms with Crippen molar-refractivity contribution < 1.29 is 32.4 Å². The molecule has 0 amide bonds. The van der Waals surface area contributed by atoms with Gasteiger partial charge in [0, 0.05) is 4.90 Å². The Balaban J connectivity index is 0.00000162. The van der Waals surface area contributed by atoms with Gasteiger partial charge in [0.1, 0.15) is 5.75 Å². The molecule has 0 aliphatic carbocycles. The summed E-state index contributed by atoms with van der Waals surface area (Å²) < 4.78 is 26.5. The van der Waals surface area contributed by atoms with Crippen molar-refractivity contribution in [2.75, 3.05) is 7.11 Å². The molecule has 0 heterocycles. The Bertz CT molecular complexity index is 523. The van der Waals surface area contributed by atoms with Crippen LogP contribution in [0.3, 0.4) is 0 Å². The molecule has 88 valence electrons. The molecule has 0 aliphatic heterocycles. The van der Waals surface area contributed by atoms with Crippen molar-refractivity contribution in [3.8, 4) is 16.9 Å². The minimum absolute atomic E-state index is 0. The maximum atomic E-state index is 10.7. The molecule has 3 nitrogen and oxygen atoms in total. The van der Waals surface area contributed by atoms with E-state index >= 15 is 0 Å². The number of hydrogen-bond donors (Lipinski definition) is 0. The maximum Gasteiger partial charge on any atom is 1.00 e. The zero-order chi connectivity index (χ0) is 12.3. The van der Waals surface area contributed by atoms with Gasteiger partial charge in [-0.05, 0) is 46.5 Å². The molecule has 0 N–H and O–H groups in total. The quantitative estimate of drug-likeness (QED) is 0.553. The summed E-state index contributed by atoms with van der Waals surface area (Å²) in [6.45, 7) is 0. The first-order valence-electron chi connectivity index (χ1n) is 5.04. The molecule has 18 heavy (non-hydrogen) atoms. The van der Waals surface area contributed by atoms with Gasteiger partial charge in [-0.15, -0.1) is 0 Å². The minimum atomic E-state index is -2.17. The number of hydrogen-bond acceptors (Lipinski definition) is 3. The molecule has 0 saturated carbocycles. The Morgan fingerprint density at radius 1 is 0.944 bits per heavy atom. The molecule has 2 rings (SSSR count). The van der Waals surface area contributed by atoms with Gasteiger partial charge in [-0.3, -0.25) is 4.21 Å². The number of methoxy groups -OCH3 is 1. The van der Waals surface area contributed by atoms with E-state index in [4.69, 9.17) is 4.74 Å². The normalized spacial score (nSPS) is 11.4. The molecule has 1 unspecified atom stereocenters. The molecule has 2 aromatic rings. The van der Waals surface area contributed by atoms with E-state index in [2.05, 4.69) is 0 Å². The summed E-state index contributed by atoms with van der Waals surface area (Å²) in [7, 11) is 1.62. The Kier molecular flexibility index (Phi) is 5.64. The summed E-state index contributed by atoms with van der Waals surface area (Å²) in [5.74, 6) is 0.797. The fourth-order valence-corrected chi connectivity index (χ4v) is 1.90. The SMILES string of the molecule is COc1ccc(-c2ccc(S(=O)[O-])cc2)cc1.[Li+]. The summed E-state index contributed by atoms with van der Waals surface area (Å²) in [6, 6.07) is 14.3. The second-order valence-corrected chi connectivity index (χ2v) is 4.43. The molecule has 0 spiro atoms. The van der Waals surface area contributed by atoms with Crippen LogP contribution in [-0.4, -0.2) is 15.9 Å². The molecule has 0 bridgehead atoms. The van der Waals surface area contributed by atoms with Crippen LogP contribution in [0.2, 0.25) is 0 Å². The fraction of sp³-hybridized carbons (Fsp3) is 0.0769. The molecular weight excluding hydrogens is 243 g/mol. The predicted molar refractivity (Wildman–Crippen MR) is 65.6 cm³/mol. The second-order valence-electron chi connectivity index (χ2n) is 3.49. The van der Waals surface area contributed by atoms with Gasteiger partial charge in [0.2, 0.25) is 0 Å². The van der Waals surface area contributed by atoms with E-state index in [0.29, 0.717) is 4.90 Å². The van der Waals surface area contributed by atoms with E-state index in [0.717, 1.165) is 16.9 Å². The largest absolute Gasteiger partial charge is 1.00 e. The third kappa shape index (κ3) is 3.47. The van der Waals surface area contributed by atoms with Crippen molar-refractivity contribution in [3.63, 3.8) is 0 Å². The van der Waals surface area contributed by atoms with E-state index in [-0.39, 0.29) is 18.9 Å². The first-order valence-corrected chi connectivity index (χ1v) is 6.12. The molecule has 0 saturated heterocycles. The maximum absolute atomic E-state index is 10.7. The Morgan fingerprint density at radius 2 is 1.39 bits per heavy atom. The molecule has 0 aliphatic rings. The van der Waals surface area contributed by atoms with E-state index in [1.54, 1.807) is 31.4 Å². The van der Waals surface area contributed by atoms with Crippen molar-refractivity contribution in [2.45, 2.75) is 4.90 Å². The van der Waals surface area contributed by atoms with Crippen LogP contribution < -0.4 is 23.6 Å². The zero-order valence-corrected chi connectivity index (χ0v) is 11.1. The molecule has 0 fully saturated rings. The summed E-state index contributed by atoms with van der Waals surface area (Å²) >= 11 is -2.17. The van der Waals surface area contributed by atoms with E-state index in [9.17, 15) is 8.76 Å². The number of ether oxygens (including phenoxy) is 1. The summed E-state index contributed by atoms with van der Waals surface area (Å²) in [4.78, 5) is 0.294. The van der Waals surface area contributed by atoms with Crippen LogP contribution in [0.4, 0.5) is 0 Å². The Hall–Kier alpha value is -1.05. The van der Waals surface area contributed by atoms with Crippen molar-refractivity contribution in [2.24, 2.45) is 0 Å². The van der Waals surface area contributed by atoms with Crippen molar-refractivity contribution >= 4 is 11.1 Å². The van der Waals surface area contributed by atoms with E-state index < -0.39 is 11.1 Å². The van der Waals surface area contributed by atoms with Crippen LogP contribution in [0.25, 0.3) is 11.1 Å². The van der Waals surface area contributed by atoms with Gasteiger partial charge < -0.3 is 9.29 Å². The predicted octanol–water partition coefficient (Wildman–Crippen LogP) is -0.396. The van der Waals surface area contributed by atoms with Crippen molar-refractivity contribution in [1.29, 1.82) is 0 Å². The van der Waals surface area contributed by atoms with Crippen molar-refractivity contribution in [1.82, 2.24) is 0 Å². The molecule has 5 heteroatoms. The third-order valence-electron chi connectivity index (χ3n) is 2.47. The zero-order valence-electron chi connectivity index (χ0n) is 10.3. The van der Waals surface area contributed by atoms with Crippen LogP contribution in [-0.2, 0) is 11.1 Å². The average molecular weight is 254 g/mol. The van der Waals surface area contributed by atoms with E-state index in [1.165, 1.54) is 0 Å². The summed E-state index contributed by atoms with van der Waals surface area (Å²) in [5.41, 5.74) is 2.00. The first-order chi connectivity index (χ1) is 8.20. The minimum Gasteiger partial charge on any atom is -0.768 e. The van der Waals surface area contributed by atoms with Gasteiger partial charge in [-0.25, -0.2) is 0 Å². The molecule has 0 aromatic heterocycles.